The van der Waals surface area contributed by atoms with Crippen molar-refractivity contribution in [1.82, 2.24) is 4.90 Å². The van der Waals surface area contributed by atoms with Crippen LogP contribution in [0.3, 0.4) is 0 Å². The lowest BCUT2D eigenvalue weighted by molar-refractivity contribution is 0.0892. The van der Waals surface area contributed by atoms with Crippen LogP contribution in [0.2, 0.25) is 0 Å². The molecule has 2 fully saturated rings. The molecule has 11 heavy (non-hydrogen) atoms. The fourth-order valence-electron chi connectivity index (χ4n) is 2.66. The molecule has 0 unspecified atom stereocenters. The molecule has 2 aliphatic heterocycles. The molecule has 0 aromatic rings. The Morgan fingerprint density at radius 3 is 1.73 bits per heavy atom. The van der Waals surface area contributed by atoms with Gasteiger partial charge in [0.2, 0.25) is 0 Å². The van der Waals surface area contributed by atoms with Crippen LogP contribution in [-0.2, 0) is 0 Å². The van der Waals surface area contributed by atoms with Gasteiger partial charge in [-0.15, -0.1) is 0 Å². The van der Waals surface area contributed by atoms with E-state index in [4.69, 9.17) is 0 Å². The smallest absolute Gasteiger partial charge is 0.0287 e. The van der Waals surface area contributed by atoms with Crippen molar-refractivity contribution in [2.45, 2.75) is 50.6 Å². The van der Waals surface area contributed by atoms with E-state index in [1.54, 1.807) is 0 Å². The van der Waals surface area contributed by atoms with Crippen LogP contribution in [0.15, 0.2) is 12.8 Å². The molecule has 0 spiro atoms. The number of nitrogens with zero attached hydrogens (tertiary/aromatic N) is 1. The van der Waals surface area contributed by atoms with Crippen molar-refractivity contribution in [3.63, 3.8) is 0 Å². The maximum atomic E-state index is 3.89. The van der Waals surface area contributed by atoms with Crippen LogP contribution in [0.1, 0.15) is 38.5 Å². The van der Waals surface area contributed by atoms with Crippen molar-refractivity contribution in [3.05, 3.63) is 12.8 Å². The Morgan fingerprint density at radius 1 is 1.00 bits per heavy atom. The fourth-order valence-corrected chi connectivity index (χ4v) is 2.66. The normalized spacial score (nSPS) is 36.9. The third kappa shape index (κ3) is 1.17. The molecular weight excluding hydrogens is 134 g/mol. The number of hydrogen-bond donors (Lipinski definition) is 0. The van der Waals surface area contributed by atoms with Crippen molar-refractivity contribution in [3.8, 4) is 0 Å². The van der Waals surface area contributed by atoms with E-state index < -0.39 is 0 Å². The molecule has 0 radical (unpaired) electrons. The molecular formula is C10H17N. The van der Waals surface area contributed by atoms with Crippen LogP contribution in [0.4, 0.5) is 0 Å². The number of hydrogen-bond acceptors (Lipinski definition) is 1. The van der Waals surface area contributed by atoms with Gasteiger partial charge in [0.15, 0.2) is 0 Å². The van der Waals surface area contributed by atoms with Gasteiger partial charge in [-0.1, -0.05) is 6.58 Å². The van der Waals surface area contributed by atoms with Crippen molar-refractivity contribution < 1.29 is 0 Å². The first-order valence-corrected chi connectivity index (χ1v) is 4.82. The Hall–Kier alpha value is -0.460. The largest absolute Gasteiger partial charge is 0.372 e. The molecule has 0 atom stereocenters. The Kier molecular flexibility index (Phi) is 1.89. The standard InChI is InChI=1S/C10H17N/c1-2-11-9-5-3-6-10(11)8-4-7-9/h2,9-10H,1,3-8H2. The minimum Gasteiger partial charge on any atom is -0.372 e. The van der Waals surface area contributed by atoms with E-state index in [1.165, 1.54) is 38.5 Å². The van der Waals surface area contributed by atoms with E-state index in [1.807, 2.05) is 0 Å². The summed E-state index contributed by atoms with van der Waals surface area (Å²) in [6, 6.07) is 1.69. The van der Waals surface area contributed by atoms with Gasteiger partial charge < -0.3 is 4.90 Å². The zero-order valence-corrected chi connectivity index (χ0v) is 7.13. The molecule has 2 heterocycles. The highest BCUT2D eigenvalue weighted by Gasteiger charge is 2.30. The first kappa shape index (κ1) is 7.20. The lowest BCUT2D eigenvalue weighted by Gasteiger charge is -2.45. The van der Waals surface area contributed by atoms with Crippen molar-refractivity contribution >= 4 is 0 Å². The Labute approximate surface area is 69.1 Å². The average molecular weight is 151 g/mol. The first-order chi connectivity index (χ1) is 5.42. The molecule has 1 nitrogen and oxygen atoms in total. The maximum absolute atomic E-state index is 3.89. The second-order valence-corrected chi connectivity index (χ2v) is 3.80. The van der Waals surface area contributed by atoms with Crippen molar-refractivity contribution in [2.75, 3.05) is 0 Å². The summed E-state index contributed by atoms with van der Waals surface area (Å²) in [6.45, 7) is 3.89. The van der Waals surface area contributed by atoms with Gasteiger partial charge in [-0.25, -0.2) is 0 Å². The lowest BCUT2D eigenvalue weighted by Crippen LogP contribution is -2.46. The third-order valence-electron chi connectivity index (χ3n) is 3.20. The van der Waals surface area contributed by atoms with E-state index in [9.17, 15) is 0 Å². The van der Waals surface area contributed by atoms with Crippen LogP contribution in [0.5, 0.6) is 0 Å². The summed E-state index contributed by atoms with van der Waals surface area (Å²) in [5.41, 5.74) is 0. The highest BCUT2D eigenvalue weighted by molar-refractivity contribution is 4.93. The van der Waals surface area contributed by atoms with Crippen molar-refractivity contribution in [2.24, 2.45) is 0 Å². The summed E-state index contributed by atoms with van der Waals surface area (Å²) in [5.74, 6) is 0. The van der Waals surface area contributed by atoms with E-state index in [-0.39, 0.29) is 0 Å². The quantitative estimate of drug-likeness (QED) is 0.556. The summed E-state index contributed by atoms with van der Waals surface area (Å²) in [7, 11) is 0. The molecule has 2 bridgehead atoms. The molecule has 0 aromatic heterocycles. The number of piperidine rings is 2. The second kappa shape index (κ2) is 2.88. The molecule has 2 rings (SSSR count). The Balaban J connectivity index is 2.10. The highest BCUT2D eigenvalue weighted by Crippen LogP contribution is 2.33. The zero-order chi connectivity index (χ0) is 7.68. The predicted molar refractivity (Wildman–Crippen MR) is 47.3 cm³/mol. The van der Waals surface area contributed by atoms with Gasteiger partial charge in [0.05, 0.1) is 0 Å². The monoisotopic (exact) mass is 151 g/mol. The van der Waals surface area contributed by atoms with Crippen LogP contribution in [0.25, 0.3) is 0 Å². The minimum absolute atomic E-state index is 0.847. The zero-order valence-electron chi connectivity index (χ0n) is 7.13. The second-order valence-electron chi connectivity index (χ2n) is 3.80. The van der Waals surface area contributed by atoms with Gasteiger partial charge in [-0.05, 0) is 44.7 Å². The number of fused-ring (bicyclic) bond motifs is 2. The maximum Gasteiger partial charge on any atom is 0.0287 e. The lowest BCUT2D eigenvalue weighted by atomic mass is 9.85. The topological polar surface area (TPSA) is 3.24 Å². The SMILES string of the molecule is C=CN1C2CCCC1CCC2. The van der Waals surface area contributed by atoms with E-state index in [0.717, 1.165) is 12.1 Å². The molecule has 1 heteroatoms. The van der Waals surface area contributed by atoms with E-state index in [2.05, 4.69) is 17.7 Å². The predicted octanol–water partition coefficient (Wildman–Crippen LogP) is 2.54. The van der Waals surface area contributed by atoms with Gasteiger partial charge in [0.25, 0.3) is 0 Å². The van der Waals surface area contributed by atoms with Crippen LogP contribution in [-0.4, -0.2) is 17.0 Å². The highest BCUT2D eigenvalue weighted by atomic mass is 15.2. The molecule has 0 saturated carbocycles. The minimum atomic E-state index is 0.847. The summed E-state index contributed by atoms with van der Waals surface area (Å²) >= 11 is 0. The van der Waals surface area contributed by atoms with Gasteiger partial charge in [0, 0.05) is 12.1 Å². The summed E-state index contributed by atoms with van der Waals surface area (Å²) in [4.78, 5) is 2.51. The van der Waals surface area contributed by atoms with Gasteiger partial charge in [-0.2, -0.15) is 0 Å². The van der Waals surface area contributed by atoms with E-state index in [0.29, 0.717) is 0 Å². The molecule has 62 valence electrons. The average Bonchev–Trinajstić information content (AvgIpc) is 2.03. The Morgan fingerprint density at radius 2 is 1.45 bits per heavy atom. The van der Waals surface area contributed by atoms with Crippen LogP contribution in [0, 0.1) is 0 Å². The summed E-state index contributed by atoms with van der Waals surface area (Å²) < 4.78 is 0. The summed E-state index contributed by atoms with van der Waals surface area (Å²) in [5, 5.41) is 0. The first-order valence-electron chi connectivity index (χ1n) is 4.82. The van der Waals surface area contributed by atoms with Crippen LogP contribution < -0.4 is 0 Å². The molecule has 2 saturated heterocycles. The molecule has 0 N–H and O–H groups in total. The van der Waals surface area contributed by atoms with Gasteiger partial charge in [-0.3, -0.25) is 0 Å². The molecule has 0 aliphatic carbocycles. The van der Waals surface area contributed by atoms with Gasteiger partial charge >= 0.3 is 0 Å². The Bertz CT molecular complexity index is 131. The third-order valence-corrected chi connectivity index (χ3v) is 3.20. The molecule has 0 aromatic carbocycles. The van der Waals surface area contributed by atoms with E-state index >= 15 is 0 Å². The molecule has 2 aliphatic rings. The van der Waals surface area contributed by atoms with Gasteiger partial charge in [0.1, 0.15) is 0 Å². The van der Waals surface area contributed by atoms with Crippen LogP contribution >= 0.6 is 0 Å². The van der Waals surface area contributed by atoms with Crippen molar-refractivity contribution in [1.29, 1.82) is 0 Å². The number of rotatable bonds is 1. The fraction of sp³-hybridized carbons (Fsp3) is 0.800. The summed E-state index contributed by atoms with van der Waals surface area (Å²) in [6.07, 6.45) is 10.6. The molecule has 0 amide bonds.